The van der Waals surface area contributed by atoms with E-state index in [1.165, 1.54) is 11.8 Å². The van der Waals surface area contributed by atoms with Gasteiger partial charge in [0.25, 0.3) is 0 Å². The van der Waals surface area contributed by atoms with Gasteiger partial charge in [0, 0.05) is 25.4 Å². The van der Waals surface area contributed by atoms with Gasteiger partial charge in [-0.2, -0.15) is 9.49 Å². The van der Waals surface area contributed by atoms with Crippen LogP contribution in [0, 0.1) is 5.82 Å². The van der Waals surface area contributed by atoms with Crippen molar-refractivity contribution >= 4 is 23.4 Å². The van der Waals surface area contributed by atoms with E-state index in [1.807, 2.05) is 24.4 Å². The maximum Gasteiger partial charge on any atom is 0.207 e. The summed E-state index contributed by atoms with van der Waals surface area (Å²) in [5.41, 5.74) is 6.60. The number of halogens is 1. The first-order chi connectivity index (χ1) is 10.6. The largest absolute Gasteiger partial charge is 0.381 e. The Kier molecular flexibility index (Phi) is 4.16. The van der Waals surface area contributed by atoms with E-state index in [-0.39, 0.29) is 17.7 Å². The maximum absolute atomic E-state index is 14.3. The molecule has 7 nitrogen and oxygen atoms in total. The lowest BCUT2D eigenvalue weighted by atomic mass is 10.1. The number of hydrogen-bond acceptors (Lipinski definition) is 7. The second-order valence-corrected chi connectivity index (χ2v) is 5.76. The molecule has 0 spiro atoms. The number of anilines is 2. The molecular formula is C13H17FN6OS. The molecule has 2 aromatic rings. The number of morpholine rings is 1. The van der Waals surface area contributed by atoms with Crippen molar-refractivity contribution in [2.45, 2.75) is 11.3 Å². The Labute approximate surface area is 131 Å². The molecule has 0 aromatic carbocycles. The molecule has 0 unspecified atom stereocenters. The van der Waals surface area contributed by atoms with Gasteiger partial charge in [0.05, 0.1) is 19.3 Å². The summed E-state index contributed by atoms with van der Waals surface area (Å²) in [6.45, 7) is 1.53. The highest BCUT2D eigenvalue weighted by atomic mass is 32.2. The maximum atomic E-state index is 14.3. The van der Waals surface area contributed by atoms with E-state index in [1.54, 1.807) is 10.9 Å². The second kappa shape index (κ2) is 6.09. The molecule has 0 aliphatic carbocycles. The van der Waals surface area contributed by atoms with Gasteiger partial charge in [-0.3, -0.25) is 4.68 Å². The first-order valence-corrected chi connectivity index (χ1v) is 8.03. The average Bonchev–Trinajstić information content (AvgIpc) is 2.96. The zero-order valence-electron chi connectivity index (χ0n) is 12.4. The number of aromatic nitrogens is 4. The molecule has 1 aliphatic heterocycles. The van der Waals surface area contributed by atoms with E-state index in [0.29, 0.717) is 24.9 Å². The summed E-state index contributed by atoms with van der Waals surface area (Å²) < 4.78 is 21.8. The van der Waals surface area contributed by atoms with Crippen LogP contribution in [-0.4, -0.2) is 45.7 Å². The Bertz CT molecular complexity index is 679. The molecule has 2 aromatic heterocycles. The lowest BCUT2D eigenvalue weighted by Crippen LogP contribution is -2.39. The molecule has 1 atom stereocenters. The summed E-state index contributed by atoms with van der Waals surface area (Å²) in [7, 11) is 1.85. The van der Waals surface area contributed by atoms with Crippen LogP contribution >= 0.6 is 11.8 Å². The van der Waals surface area contributed by atoms with Gasteiger partial charge in [-0.25, -0.2) is 9.97 Å². The number of nitrogen functional groups attached to an aromatic ring is 1. The highest BCUT2D eigenvalue weighted by Gasteiger charge is 2.27. The van der Waals surface area contributed by atoms with Crippen LogP contribution in [0.4, 0.5) is 16.0 Å². The fourth-order valence-corrected chi connectivity index (χ4v) is 2.75. The van der Waals surface area contributed by atoms with E-state index >= 15 is 0 Å². The lowest BCUT2D eigenvalue weighted by Gasteiger charge is -2.33. The van der Waals surface area contributed by atoms with Crippen LogP contribution < -0.4 is 10.6 Å². The first-order valence-electron chi connectivity index (χ1n) is 6.80. The molecule has 0 amide bonds. The molecule has 9 heteroatoms. The number of ether oxygens (including phenoxy) is 1. The van der Waals surface area contributed by atoms with Gasteiger partial charge >= 0.3 is 0 Å². The minimum absolute atomic E-state index is 0.126. The summed E-state index contributed by atoms with van der Waals surface area (Å²) in [6.07, 6.45) is 5.31. The number of rotatable bonds is 3. The van der Waals surface area contributed by atoms with E-state index < -0.39 is 5.82 Å². The average molecular weight is 324 g/mol. The van der Waals surface area contributed by atoms with Crippen molar-refractivity contribution in [3.63, 3.8) is 0 Å². The molecule has 2 N–H and O–H groups in total. The van der Waals surface area contributed by atoms with E-state index in [9.17, 15) is 4.39 Å². The third-order valence-corrected chi connectivity index (χ3v) is 4.03. The van der Waals surface area contributed by atoms with Gasteiger partial charge in [-0.1, -0.05) is 11.8 Å². The molecule has 3 rings (SSSR count). The van der Waals surface area contributed by atoms with Gasteiger partial charge in [0.2, 0.25) is 5.82 Å². The molecule has 0 radical (unpaired) electrons. The standard InChI is InChI=1S/C13H17FN6OS/c1-19-6-8(5-16-19)9-7-20(3-4-21-9)12-10(14)11(15)17-13(18-12)22-2/h5-6,9H,3-4,7H2,1-2H3,(H2,15,17,18)/t9-/m1/s1. The van der Waals surface area contributed by atoms with Gasteiger partial charge in [0.15, 0.2) is 16.8 Å². The molecule has 118 valence electrons. The predicted octanol–water partition coefficient (Wildman–Crippen LogP) is 1.23. The second-order valence-electron chi connectivity index (χ2n) is 4.99. The zero-order chi connectivity index (χ0) is 15.7. The van der Waals surface area contributed by atoms with Crippen molar-refractivity contribution in [1.82, 2.24) is 19.7 Å². The van der Waals surface area contributed by atoms with Crippen LogP contribution in [-0.2, 0) is 11.8 Å². The molecule has 1 aliphatic rings. The van der Waals surface area contributed by atoms with Crippen molar-refractivity contribution in [1.29, 1.82) is 0 Å². The summed E-state index contributed by atoms with van der Waals surface area (Å²) in [6, 6.07) is 0. The Morgan fingerprint density at radius 2 is 2.27 bits per heavy atom. The summed E-state index contributed by atoms with van der Waals surface area (Å²) in [5, 5.41) is 4.60. The summed E-state index contributed by atoms with van der Waals surface area (Å²) in [5.74, 6) is -0.475. The van der Waals surface area contributed by atoms with Crippen molar-refractivity contribution in [3.05, 3.63) is 23.8 Å². The third-order valence-electron chi connectivity index (χ3n) is 3.48. The number of hydrogen-bond donors (Lipinski definition) is 1. The van der Waals surface area contributed by atoms with Crippen LogP contribution in [0.5, 0.6) is 0 Å². The van der Waals surface area contributed by atoms with Crippen molar-refractivity contribution in [2.75, 3.05) is 36.6 Å². The van der Waals surface area contributed by atoms with Crippen LogP contribution in [0.2, 0.25) is 0 Å². The molecule has 22 heavy (non-hydrogen) atoms. The van der Waals surface area contributed by atoms with Gasteiger partial charge in [-0.05, 0) is 6.26 Å². The van der Waals surface area contributed by atoms with Crippen molar-refractivity contribution < 1.29 is 9.13 Å². The molecule has 0 saturated carbocycles. The smallest absolute Gasteiger partial charge is 0.207 e. The molecule has 3 heterocycles. The van der Waals surface area contributed by atoms with Crippen molar-refractivity contribution in [2.24, 2.45) is 7.05 Å². The summed E-state index contributed by atoms with van der Waals surface area (Å²) >= 11 is 1.33. The first kappa shape index (κ1) is 15.0. The number of nitrogens with two attached hydrogens (primary N) is 1. The quantitative estimate of drug-likeness (QED) is 0.671. The van der Waals surface area contributed by atoms with Crippen LogP contribution in [0.3, 0.4) is 0 Å². The zero-order valence-corrected chi connectivity index (χ0v) is 13.2. The van der Waals surface area contributed by atoms with Crippen molar-refractivity contribution in [3.8, 4) is 0 Å². The number of nitrogens with zero attached hydrogens (tertiary/aromatic N) is 5. The van der Waals surface area contributed by atoms with Crippen LogP contribution in [0.1, 0.15) is 11.7 Å². The van der Waals surface area contributed by atoms with E-state index in [2.05, 4.69) is 15.1 Å². The fraction of sp³-hybridized carbons (Fsp3) is 0.462. The van der Waals surface area contributed by atoms with E-state index in [4.69, 9.17) is 10.5 Å². The SMILES string of the molecule is CSc1nc(N)c(F)c(N2CCO[C@@H](c3cnn(C)c3)C2)n1. The topological polar surface area (TPSA) is 82.1 Å². The van der Waals surface area contributed by atoms with Gasteiger partial charge in [0.1, 0.15) is 6.10 Å². The van der Waals surface area contributed by atoms with Gasteiger partial charge in [-0.15, -0.1) is 0 Å². The highest BCUT2D eigenvalue weighted by molar-refractivity contribution is 7.98. The Balaban J connectivity index is 1.87. The van der Waals surface area contributed by atoms with Crippen LogP contribution in [0.25, 0.3) is 0 Å². The molecule has 1 saturated heterocycles. The number of thioether (sulfide) groups is 1. The molecule has 0 bridgehead atoms. The number of aryl methyl sites for hydroxylation is 1. The molecule has 1 fully saturated rings. The van der Waals surface area contributed by atoms with Gasteiger partial charge < -0.3 is 15.4 Å². The Hall–Kier alpha value is -1.87. The predicted molar refractivity (Wildman–Crippen MR) is 82.3 cm³/mol. The molecular weight excluding hydrogens is 307 g/mol. The minimum atomic E-state index is -0.579. The highest BCUT2D eigenvalue weighted by Crippen LogP contribution is 2.29. The Morgan fingerprint density at radius 3 is 2.95 bits per heavy atom. The summed E-state index contributed by atoms with van der Waals surface area (Å²) in [4.78, 5) is 10.0. The van der Waals surface area contributed by atoms with Crippen LogP contribution in [0.15, 0.2) is 17.6 Å². The van der Waals surface area contributed by atoms with E-state index in [0.717, 1.165) is 5.56 Å². The third kappa shape index (κ3) is 2.86. The Morgan fingerprint density at radius 1 is 1.45 bits per heavy atom. The monoisotopic (exact) mass is 324 g/mol. The lowest BCUT2D eigenvalue weighted by molar-refractivity contribution is 0.0392. The fourth-order valence-electron chi connectivity index (χ4n) is 2.38. The minimum Gasteiger partial charge on any atom is -0.381 e. The normalized spacial score (nSPS) is 18.7.